The zero-order valence-electron chi connectivity index (χ0n) is 7.65. The maximum Gasteiger partial charge on any atom is 0.314 e. The minimum absolute atomic E-state index is 0.0882. The topological polar surface area (TPSA) is 38.9 Å². The molecule has 0 aliphatic heterocycles. The van der Waals surface area contributed by atoms with E-state index in [0.29, 0.717) is 5.56 Å². The number of halogens is 2. The lowest BCUT2D eigenvalue weighted by Gasteiger charge is -1.94. The molecule has 2 rings (SSSR count). The average molecular weight is 209 g/mol. The summed E-state index contributed by atoms with van der Waals surface area (Å²) in [6.45, 7) is 3.70. The van der Waals surface area contributed by atoms with Gasteiger partial charge in [0, 0.05) is 5.56 Å². The van der Waals surface area contributed by atoms with Crippen LogP contribution >= 0.6 is 0 Å². The molecule has 1 aromatic heterocycles. The third kappa shape index (κ3) is 2.01. The van der Waals surface area contributed by atoms with E-state index in [0.717, 1.165) is 5.56 Å². The van der Waals surface area contributed by atoms with E-state index in [-0.39, 0.29) is 5.89 Å². The van der Waals surface area contributed by atoms with Crippen LogP contribution in [0.15, 0.2) is 28.7 Å². The van der Waals surface area contributed by atoms with Crippen molar-refractivity contribution in [2.45, 2.75) is 6.43 Å². The van der Waals surface area contributed by atoms with E-state index in [1.54, 1.807) is 24.3 Å². The zero-order chi connectivity index (χ0) is 10.8. The van der Waals surface area contributed by atoms with Gasteiger partial charge in [0.05, 0.1) is 0 Å². The number of hydrogen-bond acceptors (Lipinski definition) is 3. The number of hydrogen-bond donors (Lipinski definition) is 0. The summed E-state index contributed by atoms with van der Waals surface area (Å²) in [5, 5.41) is 6.75. The zero-order valence-corrected chi connectivity index (χ0v) is 7.65. The van der Waals surface area contributed by atoms with Gasteiger partial charge in [0.15, 0.2) is 0 Å². The Labute approximate surface area is 84.8 Å². The van der Waals surface area contributed by atoms with Crippen molar-refractivity contribution in [3.8, 4) is 11.5 Å². The number of nitrogens with zero attached hydrogens (tertiary/aromatic N) is 2. The average Bonchev–Trinajstić information content (AvgIpc) is 2.68. The summed E-state index contributed by atoms with van der Waals surface area (Å²) in [7, 11) is 0. The normalized spacial score (nSPS) is 10.9. The number of benzene rings is 1. The van der Waals surface area contributed by atoms with Crippen LogP contribution in [-0.4, -0.2) is 10.2 Å². The van der Waals surface area contributed by atoms with Crippen molar-refractivity contribution in [1.29, 1.82) is 0 Å². The number of aromatic nitrogens is 2. The third-order valence-electron chi connectivity index (χ3n) is 1.83. The van der Waals surface area contributed by atoms with Gasteiger partial charge in [-0.05, 0) is 24.6 Å². The molecule has 5 heteroatoms. The van der Waals surface area contributed by atoms with Crippen molar-refractivity contribution < 1.29 is 13.2 Å². The molecule has 0 unspecified atom stereocenters. The molecule has 15 heavy (non-hydrogen) atoms. The van der Waals surface area contributed by atoms with Gasteiger partial charge >= 0.3 is 6.43 Å². The summed E-state index contributed by atoms with van der Waals surface area (Å²) in [5.41, 5.74) is 1.43. The molecule has 77 valence electrons. The van der Waals surface area contributed by atoms with Crippen molar-refractivity contribution in [3.63, 3.8) is 0 Å². The molecule has 0 bridgehead atoms. The first-order valence-corrected chi connectivity index (χ1v) is 4.21. The predicted octanol–water partition coefficient (Wildman–Crippen LogP) is 2.86. The molecule has 0 atom stereocenters. The Morgan fingerprint density at radius 1 is 1.13 bits per heavy atom. The smallest absolute Gasteiger partial charge is 0.314 e. The highest BCUT2D eigenvalue weighted by molar-refractivity contribution is 5.53. The van der Waals surface area contributed by atoms with Gasteiger partial charge in [-0.25, -0.2) is 0 Å². The van der Waals surface area contributed by atoms with Gasteiger partial charge < -0.3 is 4.42 Å². The van der Waals surface area contributed by atoms with Crippen LogP contribution in [0, 0.1) is 6.92 Å². The first-order chi connectivity index (χ1) is 7.16. The monoisotopic (exact) mass is 209 g/mol. The lowest BCUT2D eigenvalue weighted by molar-refractivity contribution is 0.116. The van der Waals surface area contributed by atoms with Gasteiger partial charge in [-0.1, -0.05) is 12.1 Å². The molecule has 0 aliphatic carbocycles. The van der Waals surface area contributed by atoms with Gasteiger partial charge in [0.1, 0.15) is 0 Å². The second-order valence-corrected chi connectivity index (χ2v) is 2.94. The summed E-state index contributed by atoms with van der Waals surface area (Å²) in [5.74, 6) is -0.575. The third-order valence-corrected chi connectivity index (χ3v) is 1.83. The Morgan fingerprint density at radius 3 is 2.33 bits per heavy atom. The van der Waals surface area contributed by atoms with Gasteiger partial charge in [-0.15, -0.1) is 10.2 Å². The number of rotatable bonds is 2. The molecule has 0 N–H and O–H groups in total. The fourth-order valence-electron chi connectivity index (χ4n) is 1.09. The summed E-state index contributed by atoms with van der Waals surface area (Å²) < 4.78 is 29.1. The summed E-state index contributed by atoms with van der Waals surface area (Å²) in [6, 6.07) is 6.85. The summed E-state index contributed by atoms with van der Waals surface area (Å²) >= 11 is 0. The van der Waals surface area contributed by atoms with Crippen LogP contribution in [0.3, 0.4) is 0 Å². The standard InChI is InChI=1S/C10H7F2N2O/c1-6-2-4-7(5-3-6)9-13-14-10(15-9)8(11)12/h2-5,8H,1H2. The Bertz CT molecular complexity index is 451. The second-order valence-electron chi connectivity index (χ2n) is 2.94. The largest absolute Gasteiger partial charge is 0.415 e. The van der Waals surface area contributed by atoms with Crippen molar-refractivity contribution in [1.82, 2.24) is 10.2 Å². The molecule has 0 aliphatic rings. The Hall–Kier alpha value is -1.78. The lowest BCUT2D eigenvalue weighted by atomic mass is 10.1. The van der Waals surface area contributed by atoms with Crippen LogP contribution in [0.4, 0.5) is 8.78 Å². The van der Waals surface area contributed by atoms with Crippen molar-refractivity contribution >= 4 is 0 Å². The van der Waals surface area contributed by atoms with E-state index in [2.05, 4.69) is 17.1 Å². The van der Waals surface area contributed by atoms with E-state index in [4.69, 9.17) is 4.42 Å². The van der Waals surface area contributed by atoms with E-state index >= 15 is 0 Å². The molecular weight excluding hydrogens is 202 g/mol. The molecule has 3 nitrogen and oxygen atoms in total. The Kier molecular flexibility index (Phi) is 2.45. The summed E-state index contributed by atoms with van der Waals surface area (Å²) in [4.78, 5) is 0. The fourth-order valence-corrected chi connectivity index (χ4v) is 1.09. The minimum atomic E-state index is -2.74. The second kappa shape index (κ2) is 3.76. The first kappa shape index (κ1) is 9.76. The predicted molar refractivity (Wildman–Crippen MR) is 49.2 cm³/mol. The SMILES string of the molecule is [CH2]c1ccc(-c2nnc(C(F)F)o2)cc1. The quantitative estimate of drug-likeness (QED) is 0.763. The van der Waals surface area contributed by atoms with Crippen molar-refractivity contribution in [2.24, 2.45) is 0 Å². The fraction of sp³-hybridized carbons (Fsp3) is 0.100. The van der Waals surface area contributed by atoms with E-state index < -0.39 is 12.3 Å². The maximum atomic E-state index is 12.2. The Morgan fingerprint density at radius 2 is 1.80 bits per heavy atom. The molecule has 2 aromatic rings. The van der Waals surface area contributed by atoms with Crippen LogP contribution in [-0.2, 0) is 0 Å². The highest BCUT2D eigenvalue weighted by Gasteiger charge is 2.16. The van der Waals surface area contributed by atoms with Crippen LogP contribution < -0.4 is 0 Å². The van der Waals surface area contributed by atoms with Gasteiger partial charge in [-0.2, -0.15) is 8.78 Å². The van der Waals surface area contributed by atoms with Gasteiger partial charge in [0.25, 0.3) is 5.89 Å². The molecule has 0 amide bonds. The molecule has 1 heterocycles. The highest BCUT2D eigenvalue weighted by atomic mass is 19.3. The van der Waals surface area contributed by atoms with Crippen LogP contribution in [0.2, 0.25) is 0 Å². The van der Waals surface area contributed by atoms with E-state index in [1.807, 2.05) is 0 Å². The lowest BCUT2D eigenvalue weighted by Crippen LogP contribution is -1.81. The molecule has 0 spiro atoms. The molecular formula is C10H7F2N2O. The molecule has 0 fully saturated rings. The van der Waals surface area contributed by atoms with Gasteiger partial charge in [-0.3, -0.25) is 0 Å². The van der Waals surface area contributed by atoms with Crippen molar-refractivity contribution in [2.75, 3.05) is 0 Å². The van der Waals surface area contributed by atoms with Crippen LogP contribution in [0.5, 0.6) is 0 Å². The van der Waals surface area contributed by atoms with E-state index in [1.165, 1.54) is 0 Å². The first-order valence-electron chi connectivity index (χ1n) is 4.21. The van der Waals surface area contributed by atoms with Crippen LogP contribution in [0.25, 0.3) is 11.5 Å². The minimum Gasteiger partial charge on any atom is -0.415 e. The number of alkyl halides is 2. The van der Waals surface area contributed by atoms with Gasteiger partial charge in [0.2, 0.25) is 5.89 Å². The van der Waals surface area contributed by atoms with Crippen molar-refractivity contribution in [3.05, 3.63) is 42.6 Å². The Balaban J connectivity index is 2.33. The molecule has 1 radical (unpaired) electrons. The molecule has 0 saturated heterocycles. The maximum absolute atomic E-state index is 12.2. The molecule has 1 aromatic carbocycles. The van der Waals surface area contributed by atoms with E-state index in [9.17, 15) is 8.78 Å². The van der Waals surface area contributed by atoms with Crippen LogP contribution in [0.1, 0.15) is 17.9 Å². The summed E-state index contributed by atoms with van der Waals surface area (Å²) in [6.07, 6.45) is -2.74. The molecule has 0 saturated carbocycles. The highest BCUT2D eigenvalue weighted by Crippen LogP contribution is 2.23.